The average Bonchev–Trinajstić information content (AvgIpc) is 2.21. The van der Waals surface area contributed by atoms with Gasteiger partial charge in [-0.2, -0.15) is 0 Å². The molecule has 0 aromatic carbocycles. The fourth-order valence-electron chi connectivity index (χ4n) is 0.998. The minimum Gasteiger partial charge on any atom is -0.382 e. The van der Waals surface area contributed by atoms with Crippen molar-refractivity contribution in [1.82, 2.24) is 15.0 Å². The van der Waals surface area contributed by atoms with Crippen LogP contribution in [0.3, 0.4) is 0 Å². The van der Waals surface area contributed by atoms with E-state index in [1.165, 1.54) is 24.5 Å². The van der Waals surface area contributed by atoms with E-state index in [1.54, 1.807) is 0 Å². The van der Waals surface area contributed by atoms with Gasteiger partial charge in [0.05, 0.1) is 24.3 Å². The maximum absolute atomic E-state index is 12.5. The predicted octanol–water partition coefficient (Wildman–Crippen LogP) is 1.26. The van der Waals surface area contributed by atoms with Crippen LogP contribution in [0, 0.1) is 5.82 Å². The summed E-state index contributed by atoms with van der Waals surface area (Å²) >= 11 is 0. The summed E-state index contributed by atoms with van der Waals surface area (Å²) in [5.74, 6) is -0.0342. The van der Waals surface area contributed by atoms with Crippen molar-refractivity contribution < 1.29 is 4.39 Å². The molecule has 2 N–H and O–H groups in total. The van der Waals surface area contributed by atoms with Crippen LogP contribution in [0.5, 0.6) is 0 Å². The minimum absolute atomic E-state index is 0.343. The summed E-state index contributed by atoms with van der Waals surface area (Å²) in [6.07, 6.45) is 4.06. The van der Waals surface area contributed by atoms with Crippen LogP contribution in [0.2, 0.25) is 0 Å². The van der Waals surface area contributed by atoms with Gasteiger partial charge in [0.25, 0.3) is 0 Å². The molecule has 4 nitrogen and oxygen atoms in total. The van der Waals surface area contributed by atoms with E-state index in [0.29, 0.717) is 17.2 Å². The Morgan fingerprint density at radius 3 is 2.29 bits per heavy atom. The van der Waals surface area contributed by atoms with E-state index in [9.17, 15) is 4.39 Å². The number of aromatic nitrogens is 3. The standard InChI is InChI=1S/C9H7FN4/c10-6-1-2-7(12-3-6)8-4-14-9(11)5-13-8/h1-5H,(H2,11,14). The summed E-state index contributed by atoms with van der Waals surface area (Å²) in [6.45, 7) is 0. The highest BCUT2D eigenvalue weighted by atomic mass is 19.1. The summed E-state index contributed by atoms with van der Waals surface area (Å²) in [4.78, 5) is 11.7. The van der Waals surface area contributed by atoms with E-state index in [0.717, 1.165) is 6.20 Å². The molecule has 0 spiro atoms. The normalized spacial score (nSPS) is 10.1. The smallest absolute Gasteiger partial charge is 0.141 e. The Labute approximate surface area is 79.7 Å². The van der Waals surface area contributed by atoms with Gasteiger partial charge in [-0.05, 0) is 12.1 Å². The fraction of sp³-hybridized carbons (Fsp3) is 0. The summed E-state index contributed by atoms with van der Waals surface area (Å²) in [6, 6.07) is 2.86. The van der Waals surface area contributed by atoms with E-state index in [4.69, 9.17) is 5.73 Å². The third kappa shape index (κ3) is 1.66. The number of nitrogens with two attached hydrogens (primary N) is 1. The highest BCUT2D eigenvalue weighted by Gasteiger charge is 2.00. The molecule has 0 bridgehead atoms. The number of halogens is 1. The Morgan fingerprint density at radius 2 is 1.71 bits per heavy atom. The predicted molar refractivity (Wildman–Crippen MR) is 49.6 cm³/mol. The second-order valence-corrected chi connectivity index (χ2v) is 2.69. The maximum atomic E-state index is 12.5. The number of nitrogen functional groups attached to an aromatic ring is 1. The molecule has 5 heteroatoms. The van der Waals surface area contributed by atoms with Crippen LogP contribution in [0.1, 0.15) is 0 Å². The fourth-order valence-corrected chi connectivity index (χ4v) is 0.998. The first-order chi connectivity index (χ1) is 6.75. The highest BCUT2D eigenvalue weighted by Crippen LogP contribution is 2.12. The molecule has 0 aliphatic carbocycles. The van der Waals surface area contributed by atoms with Crippen LogP contribution in [-0.2, 0) is 0 Å². The van der Waals surface area contributed by atoms with Gasteiger partial charge in [-0.1, -0.05) is 0 Å². The van der Waals surface area contributed by atoms with Crippen LogP contribution >= 0.6 is 0 Å². The zero-order valence-corrected chi connectivity index (χ0v) is 7.18. The molecule has 0 radical (unpaired) electrons. The van der Waals surface area contributed by atoms with Crippen LogP contribution in [-0.4, -0.2) is 15.0 Å². The number of hydrogen-bond donors (Lipinski definition) is 1. The quantitative estimate of drug-likeness (QED) is 0.735. The zero-order chi connectivity index (χ0) is 9.97. The second kappa shape index (κ2) is 3.37. The molecule has 14 heavy (non-hydrogen) atoms. The molecule has 70 valence electrons. The summed E-state index contributed by atoms with van der Waals surface area (Å²) < 4.78 is 12.5. The Kier molecular flexibility index (Phi) is 2.06. The number of nitrogens with zero attached hydrogens (tertiary/aromatic N) is 3. The van der Waals surface area contributed by atoms with Gasteiger partial charge in [0.1, 0.15) is 17.3 Å². The Morgan fingerprint density at radius 1 is 0.929 bits per heavy atom. The van der Waals surface area contributed by atoms with E-state index >= 15 is 0 Å². The summed E-state index contributed by atoms with van der Waals surface area (Å²) in [5.41, 5.74) is 6.51. The molecule has 0 aliphatic rings. The average molecular weight is 190 g/mol. The Bertz CT molecular complexity index is 380. The van der Waals surface area contributed by atoms with Gasteiger partial charge in [-0.25, -0.2) is 14.4 Å². The summed E-state index contributed by atoms with van der Waals surface area (Å²) in [5, 5.41) is 0. The third-order valence-electron chi connectivity index (χ3n) is 1.66. The highest BCUT2D eigenvalue weighted by molar-refractivity contribution is 5.52. The molecule has 0 amide bonds. The number of hydrogen-bond acceptors (Lipinski definition) is 4. The second-order valence-electron chi connectivity index (χ2n) is 2.69. The van der Waals surface area contributed by atoms with Crippen molar-refractivity contribution in [2.24, 2.45) is 0 Å². The number of rotatable bonds is 1. The first-order valence-corrected chi connectivity index (χ1v) is 3.95. The van der Waals surface area contributed by atoms with E-state index < -0.39 is 0 Å². The van der Waals surface area contributed by atoms with Crippen molar-refractivity contribution in [1.29, 1.82) is 0 Å². The van der Waals surface area contributed by atoms with Gasteiger partial charge < -0.3 is 5.73 Å². The van der Waals surface area contributed by atoms with Crippen LogP contribution in [0.15, 0.2) is 30.7 Å². The van der Waals surface area contributed by atoms with Crippen molar-refractivity contribution in [3.8, 4) is 11.4 Å². The van der Waals surface area contributed by atoms with E-state index in [1.807, 2.05) is 0 Å². The lowest BCUT2D eigenvalue weighted by molar-refractivity contribution is 0.622. The molecule has 0 saturated heterocycles. The number of pyridine rings is 1. The largest absolute Gasteiger partial charge is 0.382 e. The van der Waals surface area contributed by atoms with Crippen molar-refractivity contribution in [3.05, 3.63) is 36.5 Å². The maximum Gasteiger partial charge on any atom is 0.141 e. The van der Waals surface area contributed by atoms with Gasteiger partial charge in [-0.3, -0.25) is 4.98 Å². The molecule has 2 aromatic heterocycles. The lowest BCUT2D eigenvalue weighted by atomic mass is 10.3. The van der Waals surface area contributed by atoms with Gasteiger partial charge in [0.2, 0.25) is 0 Å². The molecule has 0 aliphatic heterocycles. The lowest BCUT2D eigenvalue weighted by Crippen LogP contribution is -1.93. The Balaban J connectivity index is 2.40. The molecular weight excluding hydrogens is 183 g/mol. The number of anilines is 1. The van der Waals surface area contributed by atoms with Crippen molar-refractivity contribution in [2.75, 3.05) is 5.73 Å². The topological polar surface area (TPSA) is 64.7 Å². The van der Waals surface area contributed by atoms with Gasteiger partial charge in [0.15, 0.2) is 0 Å². The van der Waals surface area contributed by atoms with E-state index in [2.05, 4.69) is 15.0 Å². The first kappa shape index (κ1) is 8.55. The molecule has 0 fully saturated rings. The van der Waals surface area contributed by atoms with Crippen LogP contribution in [0.25, 0.3) is 11.4 Å². The van der Waals surface area contributed by atoms with Crippen LogP contribution < -0.4 is 5.73 Å². The molecular formula is C9H7FN4. The monoisotopic (exact) mass is 190 g/mol. The molecule has 2 rings (SSSR count). The molecule has 2 aromatic rings. The molecule has 2 heterocycles. The SMILES string of the molecule is Nc1cnc(-c2ccc(F)cn2)cn1. The lowest BCUT2D eigenvalue weighted by Gasteiger charge is -1.98. The Hall–Kier alpha value is -2.04. The molecule has 0 unspecified atom stereocenters. The van der Waals surface area contributed by atoms with Crippen molar-refractivity contribution in [3.63, 3.8) is 0 Å². The molecule has 0 saturated carbocycles. The zero-order valence-electron chi connectivity index (χ0n) is 7.18. The minimum atomic E-state index is -0.378. The van der Waals surface area contributed by atoms with Crippen molar-refractivity contribution >= 4 is 5.82 Å². The van der Waals surface area contributed by atoms with Crippen molar-refractivity contribution in [2.45, 2.75) is 0 Å². The first-order valence-electron chi connectivity index (χ1n) is 3.95. The molecule has 0 atom stereocenters. The van der Waals surface area contributed by atoms with E-state index in [-0.39, 0.29) is 5.82 Å². The summed E-state index contributed by atoms with van der Waals surface area (Å²) in [7, 11) is 0. The third-order valence-corrected chi connectivity index (χ3v) is 1.66. The van der Waals surface area contributed by atoms with Gasteiger partial charge in [-0.15, -0.1) is 0 Å². The van der Waals surface area contributed by atoms with Gasteiger partial charge in [0, 0.05) is 0 Å². The van der Waals surface area contributed by atoms with Gasteiger partial charge >= 0.3 is 0 Å². The van der Waals surface area contributed by atoms with Crippen LogP contribution in [0.4, 0.5) is 10.2 Å².